The van der Waals surface area contributed by atoms with Crippen molar-refractivity contribution in [2.75, 3.05) is 47.6 Å². The lowest BCUT2D eigenvalue weighted by Crippen LogP contribution is -2.39. The van der Waals surface area contributed by atoms with Crippen LogP contribution in [0.15, 0.2) is 30.3 Å². The molecule has 0 aliphatic carbocycles. The highest BCUT2D eigenvalue weighted by Gasteiger charge is 2.30. The van der Waals surface area contributed by atoms with E-state index in [0.717, 1.165) is 39.0 Å². The summed E-state index contributed by atoms with van der Waals surface area (Å²) in [4.78, 5) is 19.9. The van der Waals surface area contributed by atoms with Crippen LogP contribution in [-0.2, 0) is 11.3 Å². The molecule has 2 aliphatic heterocycles. The fourth-order valence-corrected chi connectivity index (χ4v) is 4.83. The Labute approximate surface area is 204 Å². The van der Waals surface area contributed by atoms with Crippen molar-refractivity contribution < 1.29 is 23.7 Å². The molecule has 0 unspecified atom stereocenters. The largest absolute Gasteiger partial charge is 0.496 e. The number of aryl methyl sites for hydroxylation is 1. The molecule has 1 fully saturated rings. The number of carbonyl (C=O) groups is 1. The summed E-state index contributed by atoms with van der Waals surface area (Å²) in [6.45, 7) is 4.65. The Morgan fingerprint density at radius 3 is 2.46 bits per heavy atom. The van der Waals surface area contributed by atoms with Crippen LogP contribution in [0, 0.1) is 12.8 Å². The maximum Gasteiger partial charge on any atom is 0.228 e. The van der Waals surface area contributed by atoms with Crippen molar-refractivity contribution in [1.29, 1.82) is 0 Å². The highest BCUT2D eigenvalue weighted by molar-refractivity contribution is 5.94. The zero-order valence-corrected chi connectivity index (χ0v) is 20.4. The molecule has 9 nitrogen and oxygen atoms in total. The fraction of sp³-hybridized carbons (Fsp3) is 0.385. The molecule has 0 radical (unpaired) electrons. The second kappa shape index (κ2) is 9.59. The number of amides is 1. The molecule has 0 saturated carbocycles. The van der Waals surface area contributed by atoms with E-state index in [0.29, 0.717) is 50.0 Å². The van der Waals surface area contributed by atoms with Gasteiger partial charge in [0.15, 0.2) is 11.5 Å². The SMILES string of the molecule is COc1cc(-c2cc(C)c3c(OC)ccc(OC)c3n2)cc2c1OCCN(C(=O)C1CNNC1)C2. The lowest BCUT2D eigenvalue weighted by Gasteiger charge is -2.23. The van der Waals surface area contributed by atoms with Crippen molar-refractivity contribution in [3.05, 3.63) is 41.5 Å². The van der Waals surface area contributed by atoms with Gasteiger partial charge in [-0.15, -0.1) is 0 Å². The molecular weight excluding hydrogens is 448 g/mol. The first-order valence-electron chi connectivity index (χ1n) is 11.6. The van der Waals surface area contributed by atoms with Gasteiger partial charge in [-0.25, -0.2) is 4.98 Å². The van der Waals surface area contributed by atoms with Gasteiger partial charge in [0.1, 0.15) is 23.6 Å². The Bertz CT molecular complexity index is 1270. The molecule has 2 N–H and O–H groups in total. The second-order valence-electron chi connectivity index (χ2n) is 8.75. The lowest BCUT2D eigenvalue weighted by molar-refractivity contribution is -0.135. The predicted octanol–water partition coefficient (Wildman–Crippen LogP) is 2.68. The van der Waals surface area contributed by atoms with Crippen LogP contribution in [0.5, 0.6) is 23.0 Å². The fourth-order valence-electron chi connectivity index (χ4n) is 4.83. The van der Waals surface area contributed by atoms with Crippen LogP contribution in [0.1, 0.15) is 11.1 Å². The molecule has 0 bridgehead atoms. The minimum Gasteiger partial charge on any atom is -0.496 e. The number of benzene rings is 2. The third-order valence-electron chi connectivity index (χ3n) is 6.62. The van der Waals surface area contributed by atoms with Gasteiger partial charge < -0.3 is 23.8 Å². The zero-order chi connectivity index (χ0) is 24.5. The van der Waals surface area contributed by atoms with Gasteiger partial charge in [-0.3, -0.25) is 15.6 Å². The van der Waals surface area contributed by atoms with Crippen molar-refractivity contribution in [3.8, 4) is 34.3 Å². The zero-order valence-electron chi connectivity index (χ0n) is 20.4. The number of hydrogen-bond donors (Lipinski definition) is 2. The Hall–Kier alpha value is -3.56. The van der Waals surface area contributed by atoms with E-state index in [4.69, 9.17) is 23.9 Å². The summed E-state index contributed by atoms with van der Waals surface area (Å²) in [6.07, 6.45) is 0. The Morgan fingerprint density at radius 1 is 1.03 bits per heavy atom. The molecule has 9 heteroatoms. The molecule has 1 amide bonds. The van der Waals surface area contributed by atoms with Crippen LogP contribution in [0.3, 0.4) is 0 Å². The first-order valence-corrected chi connectivity index (χ1v) is 11.6. The van der Waals surface area contributed by atoms with Crippen molar-refractivity contribution >= 4 is 16.8 Å². The van der Waals surface area contributed by atoms with Crippen LogP contribution in [0.4, 0.5) is 0 Å². The van der Waals surface area contributed by atoms with Gasteiger partial charge in [-0.1, -0.05) is 0 Å². The average molecular weight is 479 g/mol. The van der Waals surface area contributed by atoms with E-state index in [1.165, 1.54) is 0 Å². The first-order chi connectivity index (χ1) is 17.0. The van der Waals surface area contributed by atoms with E-state index >= 15 is 0 Å². The minimum absolute atomic E-state index is 0.0890. The molecule has 0 atom stereocenters. The third-order valence-corrected chi connectivity index (χ3v) is 6.62. The molecule has 2 aliphatic rings. The van der Waals surface area contributed by atoms with Gasteiger partial charge in [0.2, 0.25) is 5.91 Å². The van der Waals surface area contributed by atoms with E-state index in [9.17, 15) is 4.79 Å². The van der Waals surface area contributed by atoms with Crippen molar-refractivity contribution in [3.63, 3.8) is 0 Å². The van der Waals surface area contributed by atoms with Crippen LogP contribution < -0.4 is 29.8 Å². The molecule has 0 spiro atoms. The first kappa shape index (κ1) is 23.2. The van der Waals surface area contributed by atoms with Gasteiger partial charge in [-0.2, -0.15) is 0 Å². The Morgan fingerprint density at radius 2 is 1.74 bits per heavy atom. The minimum atomic E-state index is -0.0890. The summed E-state index contributed by atoms with van der Waals surface area (Å²) in [5.74, 6) is 2.73. The maximum atomic E-state index is 13.1. The van der Waals surface area contributed by atoms with Crippen LogP contribution >= 0.6 is 0 Å². The topological polar surface area (TPSA) is 94.2 Å². The number of carbonyl (C=O) groups excluding carboxylic acids is 1. The quantitative estimate of drug-likeness (QED) is 0.578. The smallest absolute Gasteiger partial charge is 0.228 e. The van der Waals surface area contributed by atoms with Crippen molar-refractivity contribution in [2.24, 2.45) is 5.92 Å². The number of fused-ring (bicyclic) bond motifs is 2. The molecule has 1 aromatic heterocycles. The molecule has 2 aromatic carbocycles. The highest BCUT2D eigenvalue weighted by Crippen LogP contribution is 2.40. The van der Waals surface area contributed by atoms with Gasteiger partial charge in [0.05, 0.1) is 39.5 Å². The predicted molar refractivity (Wildman–Crippen MR) is 132 cm³/mol. The van der Waals surface area contributed by atoms with Crippen LogP contribution in [-0.4, -0.2) is 63.4 Å². The summed E-state index contributed by atoms with van der Waals surface area (Å²) in [5, 5.41) is 0.913. The number of nitrogens with zero attached hydrogens (tertiary/aromatic N) is 2. The molecular formula is C26H30N4O5. The maximum absolute atomic E-state index is 13.1. The molecule has 3 aromatic rings. The van der Waals surface area contributed by atoms with E-state index < -0.39 is 0 Å². The van der Waals surface area contributed by atoms with Crippen molar-refractivity contribution in [2.45, 2.75) is 13.5 Å². The monoisotopic (exact) mass is 478 g/mol. The normalized spacial score (nSPS) is 15.9. The van der Waals surface area contributed by atoms with E-state index in [-0.39, 0.29) is 11.8 Å². The van der Waals surface area contributed by atoms with Gasteiger partial charge in [-0.05, 0) is 42.8 Å². The van der Waals surface area contributed by atoms with E-state index in [2.05, 4.69) is 10.9 Å². The molecule has 5 rings (SSSR count). The number of pyridine rings is 1. The Kier molecular flexibility index (Phi) is 6.36. The van der Waals surface area contributed by atoms with Crippen LogP contribution in [0.25, 0.3) is 22.2 Å². The lowest BCUT2D eigenvalue weighted by atomic mass is 10.0. The molecule has 184 valence electrons. The van der Waals surface area contributed by atoms with Crippen molar-refractivity contribution in [1.82, 2.24) is 20.7 Å². The van der Waals surface area contributed by atoms with E-state index in [1.54, 1.807) is 21.3 Å². The number of aromatic nitrogens is 1. The summed E-state index contributed by atoms with van der Waals surface area (Å²) in [5.41, 5.74) is 10.4. The number of ether oxygens (including phenoxy) is 4. The molecule has 3 heterocycles. The summed E-state index contributed by atoms with van der Waals surface area (Å²) in [6, 6.07) is 9.75. The summed E-state index contributed by atoms with van der Waals surface area (Å²) in [7, 11) is 4.91. The summed E-state index contributed by atoms with van der Waals surface area (Å²) < 4.78 is 22.9. The van der Waals surface area contributed by atoms with Crippen LogP contribution in [0.2, 0.25) is 0 Å². The second-order valence-corrected chi connectivity index (χ2v) is 8.75. The number of methoxy groups -OCH3 is 3. The average Bonchev–Trinajstić information content (AvgIpc) is 3.33. The number of hydrazine groups is 1. The van der Waals surface area contributed by atoms with Gasteiger partial charge in [0.25, 0.3) is 0 Å². The number of rotatable bonds is 5. The van der Waals surface area contributed by atoms with Gasteiger partial charge >= 0.3 is 0 Å². The van der Waals surface area contributed by atoms with E-state index in [1.807, 2.05) is 42.2 Å². The third kappa shape index (κ3) is 4.21. The summed E-state index contributed by atoms with van der Waals surface area (Å²) >= 11 is 0. The Balaban J connectivity index is 1.59. The number of nitrogens with one attached hydrogen (secondary N) is 2. The number of hydrogen-bond acceptors (Lipinski definition) is 8. The molecule has 1 saturated heterocycles. The standard InChI is InChI=1S/C26H30N4O5/c1-15-9-19(29-24-21(33-3)6-5-20(32-2)23(15)24)16-10-17-14-30(26(31)18-12-27-28-13-18)7-8-35-25(17)22(11-16)34-4/h5-6,9-11,18,27-28H,7-8,12-14H2,1-4H3. The molecule has 35 heavy (non-hydrogen) atoms. The highest BCUT2D eigenvalue weighted by atomic mass is 16.5. The van der Waals surface area contributed by atoms with Gasteiger partial charge in [0, 0.05) is 36.1 Å².